The van der Waals surface area contributed by atoms with Crippen LogP contribution in [0.4, 0.5) is 5.69 Å². The fraction of sp³-hybridized carbons (Fsp3) is 0.111. The number of allylic oxidation sites excluding steroid dienone is 7. The highest BCUT2D eigenvalue weighted by Crippen LogP contribution is 2.34. The summed E-state index contributed by atoms with van der Waals surface area (Å²) in [6.07, 6.45) is 6.75. The molecule has 0 bridgehead atoms. The van der Waals surface area contributed by atoms with E-state index in [1.807, 2.05) is 37.3 Å². The Bertz CT molecular complexity index is 851. The zero-order chi connectivity index (χ0) is 17.1. The number of nitrogens with zero attached hydrogens (tertiary/aromatic N) is 3. The highest BCUT2D eigenvalue weighted by atomic mass is 16.8. The topological polar surface area (TPSA) is 88.2 Å². The molecule has 0 amide bonds. The molecule has 0 aromatic heterocycles. The second-order valence-corrected chi connectivity index (χ2v) is 5.34. The van der Waals surface area contributed by atoms with Crippen LogP contribution >= 0.6 is 0 Å². The van der Waals surface area contributed by atoms with Gasteiger partial charge in [0, 0.05) is 17.3 Å². The van der Waals surface area contributed by atoms with Crippen molar-refractivity contribution in [3.63, 3.8) is 0 Å². The van der Waals surface area contributed by atoms with E-state index in [1.54, 1.807) is 23.2 Å². The molecule has 0 saturated heterocycles. The van der Waals surface area contributed by atoms with Crippen LogP contribution in [0.25, 0.3) is 0 Å². The smallest absolute Gasteiger partial charge is 0.232 e. The van der Waals surface area contributed by atoms with Gasteiger partial charge in [0.2, 0.25) is 5.71 Å². The zero-order valence-electron chi connectivity index (χ0n) is 13.1. The molecule has 6 heteroatoms. The number of anilines is 1. The summed E-state index contributed by atoms with van der Waals surface area (Å²) in [5.41, 5.74) is 6.79. The summed E-state index contributed by atoms with van der Waals surface area (Å²) in [6.45, 7) is 1.87. The first-order valence-electron chi connectivity index (χ1n) is 7.43. The number of benzene rings is 1. The van der Waals surface area contributed by atoms with E-state index in [1.165, 1.54) is 6.08 Å². The quantitative estimate of drug-likeness (QED) is 0.668. The van der Waals surface area contributed by atoms with Gasteiger partial charge in [-0.15, -0.1) is 0 Å². The zero-order valence-corrected chi connectivity index (χ0v) is 13.1. The Kier molecular flexibility index (Phi) is 4.08. The summed E-state index contributed by atoms with van der Waals surface area (Å²) in [6, 6.07) is 11.7. The maximum absolute atomic E-state index is 11.4. The molecule has 3 rings (SSSR count). The normalized spacial score (nSPS) is 19.5. The van der Waals surface area contributed by atoms with Crippen molar-refractivity contribution < 1.29 is 4.90 Å². The molecule has 0 spiro atoms. The molecular weight excluding hydrogens is 304 g/mol. The molecule has 6 nitrogen and oxygen atoms in total. The summed E-state index contributed by atoms with van der Waals surface area (Å²) < 4.78 is 0. The third-order valence-corrected chi connectivity index (χ3v) is 3.87. The van der Waals surface area contributed by atoms with Gasteiger partial charge in [-0.25, -0.2) is 0 Å². The van der Waals surface area contributed by atoms with Crippen LogP contribution in [0.5, 0.6) is 0 Å². The minimum absolute atomic E-state index is 0.0142. The van der Waals surface area contributed by atoms with E-state index in [9.17, 15) is 10.4 Å². The van der Waals surface area contributed by atoms with Crippen LogP contribution in [0.3, 0.4) is 0 Å². The monoisotopic (exact) mass is 319 g/mol. The van der Waals surface area contributed by atoms with Gasteiger partial charge in [-0.2, -0.15) is 10.2 Å². The standard InChI is InChI=1S/C18H15N4O2/c1-13-15(11-12-19)18(16-9-5-6-10-17(16)22(23)24)21(20-13)14-7-3-2-4-8-14/h2-10,20H,11H2,1H3/q-1. The van der Waals surface area contributed by atoms with E-state index in [-0.39, 0.29) is 12.1 Å². The summed E-state index contributed by atoms with van der Waals surface area (Å²) in [5.74, 6) is 0. The molecule has 2 aliphatic rings. The summed E-state index contributed by atoms with van der Waals surface area (Å²) in [7, 11) is 0. The van der Waals surface area contributed by atoms with Crippen molar-refractivity contribution >= 4 is 11.4 Å². The third-order valence-electron chi connectivity index (χ3n) is 3.87. The number of para-hydroxylation sites is 1. The second-order valence-electron chi connectivity index (χ2n) is 5.34. The van der Waals surface area contributed by atoms with Crippen molar-refractivity contribution in [1.82, 2.24) is 5.43 Å². The van der Waals surface area contributed by atoms with E-state index in [0.717, 1.165) is 17.0 Å². The average Bonchev–Trinajstić information content (AvgIpc) is 2.92. The molecule has 1 heterocycles. The number of nitriles is 1. The van der Waals surface area contributed by atoms with Gasteiger partial charge in [-0.05, 0) is 25.1 Å². The first-order chi connectivity index (χ1) is 11.6. The number of rotatable bonds is 2. The van der Waals surface area contributed by atoms with Crippen molar-refractivity contribution in [1.29, 1.82) is 5.26 Å². The van der Waals surface area contributed by atoms with Gasteiger partial charge in [0.1, 0.15) is 0 Å². The molecule has 0 radical (unpaired) electrons. The first-order valence-corrected chi connectivity index (χ1v) is 7.43. The van der Waals surface area contributed by atoms with Crippen LogP contribution < -0.4 is 10.4 Å². The molecule has 1 aromatic carbocycles. The van der Waals surface area contributed by atoms with E-state index >= 15 is 0 Å². The number of hydrazine groups is 1. The van der Waals surface area contributed by atoms with Gasteiger partial charge in [0.05, 0.1) is 29.4 Å². The van der Waals surface area contributed by atoms with Crippen molar-refractivity contribution in [2.75, 3.05) is 5.01 Å². The van der Waals surface area contributed by atoms with Crippen LogP contribution in [-0.2, 0) is 0 Å². The lowest BCUT2D eigenvalue weighted by atomic mass is 9.97. The van der Waals surface area contributed by atoms with Crippen LogP contribution in [-0.4, -0.2) is 10.6 Å². The lowest BCUT2D eigenvalue weighted by molar-refractivity contribution is -0.377. The lowest BCUT2D eigenvalue weighted by Gasteiger charge is -2.24. The van der Waals surface area contributed by atoms with Crippen molar-refractivity contribution in [2.24, 2.45) is 0 Å². The Morgan fingerprint density at radius 2 is 1.88 bits per heavy atom. The van der Waals surface area contributed by atoms with Gasteiger partial charge in [0.25, 0.3) is 0 Å². The fourth-order valence-electron chi connectivity index (χ4n) is 2.79. The largest absolute Gasteiger partial charge is 0.612 e. The molecule has 0 atom stereocenters. The highest BCUT2D eigenvalue weighted by Gasteiger charge is 2.31. The molecule has 120 valence electrons. The van der Waals surface area contributed by atoms with E-state index < -0.39 is 4.90 Å². The molecule has 1 N–H and O–H groups in total. The second kappa shape index (κ2) is 6.34. The van der Waals surface area contributed by atoms with Gasteiger partial charge < -0.3 is 10.4 Å². The molecule has 0 fully saturated rings. The van der Waals surface area contributed by atoms with Gasteiger partial charge in [-0.3, -0.25) is 10.4 Å². The third kappa shape index (κ3) is 2.63. The van der Waals surface area contributed by atoms with E-state index in [0.29, 0.717) is 11.3 Å². The molecule has 1 aliphatic carbocycles. The molecule has 1 aliphatic heterocycles. The van der Waals surface area contributed by atoms with Crippen LogP contribution in [0.15, 0.2) is 77.2 Å². The van der Waals surface area contributed by atoms with Crippen LogP contribution in [0.1, 0.15) is 13.3 Å². The number of hydrogen-bond acceptors (Lipinski definition) is 5. The Morgan fingerprint density at radius 3 is 2.54 bits per heavy atom. The average molecular weight is 319 g/mol. The minimum Gasteiger partial charge on any atom is -0.612 e. The minimum atomic E-state index is -0.400. The molecular formula is C18H15N4O2-. The van der Waals surface area contributed by atoms with Gasteiger partial charge in [-0.1, -0.05) is 30.4 Å². The first kappa shape index (κ1) is 15.4. The Morgan fingerprint density at radius 1 is 1.17 bits per heavy atom. The van der Waals surface area contributed by atoms with Crippen molar-refractivity contribution in [2.45, 2.75) is 13.3 Å². The van der Waals surface area contributed by atoms with Crippen molar-refractivity contribution in [3.05, 3.63) is 87.6 Å². The Balaban J connectivity index is 2.23. The van der Waals surface area contributed by atoms with Crippen molar-refractivity contribution in [3.8, 4) is 6.07 Å². The summed E-state index contributed by atoms with van der Waals surface area (Å²) in [5, 5.41) is 33.8. The lowest BCUT2D eigenvalue weighted by Crippen LogP contribution is -2.32. The van der Waals surface area contributed by atoms with Gasteiger partial charge >= 0.3 is 0 Å². The van der Waals surface area contributed by atoms with E-state index in [2.05, 4.69) is 11.5 Å². The molecule has 0 saturated carbocycles. The maximum Gasteiger partial charge on any atom is 0.232 e. The Labute approximate surface area is 139 Å². The fourth-order valence-corrected chi connectivity index (χ4v) is 2.79. The maximum atomic E-state index is 11.4. The molecule has 0 unspecified atom stereocenters. The Hall–Kier alpha value is -3.46. The highest BCUT2D eigenvalue weighted by molar-refractivity contribution is 6.10. The summed E-state index contributed by atoms with van der Waals surface area (Å²) in [4.78, 5) is -0.400. The van der Waals surface area contributed by atoms with Crippen LogP contribution in [0, 0.1) is 21.7 Å². The predicted octanol–water partition coefficient (Wildman–Crippen LogP) is 3.03. The van der Waals surface area contributed by atoms with Crippen LogP contribution in [0.2, 0.25) is 0 Å². The summed E-state index contributed by atoms with van der Waals surface area (Å²) >= 11 is 0. The number of hydrogen-bond donors (Lipinski definition) is 1. The molecule has 1 aromatic rings. The molecule has 24 heavy (non-hydrogen) atoms. The van der Waals surface area contributed by atoms with Gasteiger partial charge in [0.15, 0.2) is 0 Å². The van der Waals surface area contributed by atoms with E-state index in [4.69, 9.17) is 5.26 Å². The SMILES string of the molecule is CC1=C(CC#N)C(=C2C=CC=CC2=[N+]([O-])[O-])N(c2ccccc2)N1. The predicted molar refractivity (Wildman–Crippen MR) is 92.3 cm³/mol. The number of nitrogens with one attached hydrogen (secondary N) is 1.